The van der Waals surface area contributed by atoms with Crippen molar-refractivity contribution in [3.05, 3.63) is 83.7 Å². The lowest BCUT2D eigenvalue weighted by atomic mass is 9.97. The average Bonchev–Trinajstić information content (AvgIpc) is 3.78. The Labute approximate surface area is 283 Å². The molecule has 2 amide bonds. The molecule has 2 saturated heterocycles. The molecule has 2 aliphatic rings. The van der Waals surface area contributed by atoms with Crippen LogP contribution in [-0.2, 0) is 29.0 Å². The normalized spacial score (nSPS) is 21.1. The molecule has 2 aromatic heterocycles. The number of thiophene rings is 1. The quantitative estimate of drug-likeness (QED) is 0.204. The number of aromatic nitrogens is 1. The zero-order valence-electron chi connectivity index (χ0n) is 26.0. The number of nitrogens with zero attached hydrogens (tertiary/aromatic N) is 2. The summed E-state index contributed by atoms with van der Waals surface area (Å²) in [6.45, 7) is -0.00670. The number of hydroxylamine groups is 1. The van der Waals surface area contributed by atoms with Gasteiger partial charge in [0.05, 0.1) is 23.9 Å². The summed E-state index contributed by atoms with van der Waals surface area (Å²) in [6, 6.07) is 15.7. The smallest absolute Gasteiger partial charge is 0.444 e. The Morgan fingerprint density at radius 3 is 2.53 bits per heavy atom. The van der Waals surface area contributed by atoms with Crippen molar-refractivity contribution in [2.75, 3.05) is 25.4 Å². The third kappa shape index (κ3) is 7.82. The van der Waals surface area contributed by atoms with E-state index in [2.05, 4.69) is 15.2 Å². The lowest BCUT2D eigenvalue weighted by Gasteiger charge is -2.31. The molecule has 0 aliphatic carbocycles. The Balaban J connectivity index is 1.30. The molecule has 0 bridgehead atoms. The minimum atomic E-state index is -5.04. The predicted octanol–water partition coefficient (Wildman–Crippen LogP) is 6.09. The van der Waals surface area contributed by atoms with Crippen LogP contribution in [0.3, 0.4) is 0 Å². The molecule has 2 fully saturated rings. The molecule has 6 rings (SSSR count). The fourth-order valence-electron chi connectivity index (χ4n) is 5.93. The second kappa shape index (κ2) is 14.3. The van der Waals surface area contributed by atoms with Gasteiger partial charge in [0.15, 0.2) is 28.3 Å². The van der Waals surface area contributed by atoms with E-state index in [1.54, 1.807) is 18.3 Å². The number of amides is 2. The summed E-state index contributed by atoms with van der Waals surface area (Å²) < 4.78 is 81.0. The van der Waals surface area contributed by atoms with Crippen molar-refractivity contribution in [3.8, 4) is 27.5 Å². The highest BCUT2D eigenvalue weighted by atomic mass is 32.2. The summed E-state index contributed by atoms with van der Waals surface area (Å²) in [5.41, 5.74) is 3.58. The number of hydrogen-bond acceptors (Lipinski definition) is 10. The van der Waals surface area contributed by atoms with Crippen molar-refractivity contribution in [1.82, 2.24) is 15.4 Å². The van der Waals surface area contributed by atoms with Gasteiger partial charge in [0, 0.05) is 41.4 Å². The number of nitrogens with one attached hydrogen (secondary N) is 1. The topological polar surface area (TPSA) is 137 Å². The maximum Gasteiger partial charge on any atom is 0.573 e. The molecule has 2 aromatic carbocycles. The van der Waals surface area contributed by atoms with E-state index in [4.69, 9.17) is 14.0 Å². The number of alkyl halides is 3. The summed E-state index contributed by atoms with van der Waals surface area (Å²) in [4.78, 5) is 38.7. The van der Waals surface area contributed by atoms with Crippen LogP contribution in [0.5, 0.6) is 5.75 Å². The van der Waals surface area contributed by atoms with Crippen molar-refractivity contribution in [2.45, 2.75) is 49.5 Å². The number of carbonyl (C=O) groups excluding carboxylic acids is 2. The van der Waals surface area contributed by atoms with Crippen LogP contribution in [-0.4, -0.2) is 68.2 Å². The van der Waals surface area contributed by atoms with Gasteiger partial charge in [-0.15, -0.1) is 24.5 Å². The zero-order valence-corrected chi connectivity index (χ0v) is 27.6. The fraction of sp³-hybridized carbons (Fsp3) is 0.364. The number of oxazole rings is 1. The molecule has 2 aliphatic heterocycles. The number of para-hydroxylation sites is 1. The number of halogens is 3. The summed E-state index contributed by atoms with van der Waals surface area (Å²) in [7, 11) is -4.17. The lowest BCUT2D eigenvalue weighted by Crippen LogP contribution is -2.43. The predicted molar refractivity (Wildman–Crippen MR) is 172 cm³/mol. The molecule has 49 heavy (non-hydrogen) atoms. The maximum absolute atomic E-state index is 14.3. The molecule has 2 unspecified atom stereocenters. The highest BCUT2D eigenvalue weighted by molar-refractivity contribution is 7.92. The molecular weight excluding hydrogens is 688 g/mol. The number of carbonyl (C=O) groups is 2. The molecule has 0 saturated carbocycles. The van der Waals surface area contributed by atoms with Crippen LogP contribution in [0.4, 0.5) is 13.2 Å². The van der Waals surface area contributed by atoms with Crippen molar-refractivity contribution in [1.29, 1.82) is 0 Å². The molecule has 4 heterocycles. The average molecular weight is 720 g/mol. The lowest BCUT2D eigenvalue weighted by molar-refractivity contribution is -0.274. The van der Waals surface area contributed by atoms with Crippen LogP contribution >= 0.6 is 11.3 Å². The van der Waals surface area contributed by atoms with Crippen LogP contribution in [0.25, 0.3) is 21.8 Å². The fourth-order valence-corrected chi connectivity index (χ4v) is 9.54. The van der Waals surface area contributed by atoms with Crippen LogP contribution in [0.2, 0.25) is 0 Å². The minimum Gasteiger partial charge on any atom is -0.444 e. The summed E-state index contributed by atoms with van der Waals surface area (Å²) in [5, 5.41) is 0. The van der Waals surface area contributed by atoms with Crippen LogP contribution in [0, 0.1) is 0 Å². The van der Waals surface area contributed by atoms with E-state index in [-0.39, 0.29) is 25.1 Å². The molecule has 1 N–H and O–H groups in total. The SMILES string of the molecule is O=C(CC1(c2ccc(-c3ccc(-c4cnco4)cc3)s2)CCN(C(=O)c2ccccc2OC(F)(F)F)CCS1(=O)=O)NOC1CCCCO1. The summed E-state index contributed by atoms with van der Waals surface area (Å²) in [6.07, 6.45) is -1.26. The highest BCUT2D eigenvalue weighted by Gasteiger charge is 2.50. The number of ether oxygens (including phenoxy) is 2. The first-order valence-corrected chi connectivity index (χ1v) is 17.9. The Bertz CT molecular complexity index is 1870. The third-order valence-electron chi connectivity index (χ3n) is 8.47. The Hall–Kier alpha value is -4.25. The molecule has 2 atom stereocenters. The monoisotopic (exact) mass is 719 g/mol. The molecule has 11 nitrogen and oxygen atoms in total. The zero-order chi connectivity index (χ0) is 34.6. The van der Waals surface area contributed by atoms with Gasteiger partial charge in [-0.2, -0.15) is 0 Å². The molecule has 0 spiro atoms. The Morgan fingerprint density at radius 2 is 1.82 bits per heavy atom. The van der Waals surface area contributed by atoms with Gasteiger partial charge in [0.2, 0.25) is 5.91 Å². The molecule has 16 heteroatoms. The number of rotatable bonds is 9. The van der Waals surface area contributed by atoms with Gasteiger partial charge in [-0.3, -0.25) is 9.59 Å². The van der Waals surface area contributed by atoms with Crippen LogP contribution in [0.15, 0.2) is 77.7 Å². The van der Waals surface area contributed by atoms with Gasteiger partial charge < -0.3 is 18.8 Å². The van der Waals surface area contributed by atoms with E-state index in [9.17, 15) is 31.2 Å². The number of hydrogen-bond donors (Lipinski definition) is 1. The number of benzene rings is 2. The standard InChI is InChI=1S/C33H32F3N3O8S2/c34-33(35,36)46-25-6-2-1-5-24(25)31(41)39-15-14-32(49(42,43)18-16-39,19-29(40)38-47-30-7-3-4-17-44-30)28-13-12-27(48-28)23-10-8-22(9-11-23)26-20-37-21-45-26/h1-2,5-6,8-13,20-21,30H,3-4,7,14-19H2,(H,38,40). The van der Waals surface area contributed by atoms with Crippen molar-refractivity contribution >= 4 is 33.0 Å². The first-order chi connectivity index (χ1) is 23.4. The summed E-state index contributed by atoms with van der Waals surface area (Å²) >= 11 is 1.20. The minimum absolute atomic E-state index is 0.169. The Kier molecular flexibility index (Phi) is 10.1. The van der Waals surface area contributed by atoms with E-state index in [0.29, 0.717) is 23.7 Å². The first-order valence-electron chi connectivity index (χ1n) is 15.5. The molecule has 4 aromatic rings. The van der Waals surface area contributed by atoms with Gasteiger partial charge in [-0.25, -0.2) is 23.7 Å². The van der Waals surface area contributed by atoms with Crippen molar-refractivity contribution < 1.29 is 49.9 Å². The molecule has 260 valence electrons. The second-order valence-electron chi connectivity index (χ2n) is 11.6. The van der Waals surface area contributed by atoms with Gasteiger partial charge in [0.1, 0.15) is 10.5 Å². The van der Waals surface area contributed by atoms with Crippen molar-refractivity contribution in [3.63, 3.8) is 0 Å². The number of sulfone groups is 1. The van der Waals surface area contributed by atoms with Crippen LogP contribution < -0.4 is 10.2 Å². The van der Waals surface area contributed by atoms with Gasteiger partial charge >= 0.3 is 6.36 Å². The van der Waals surface area contributed by atoms with Gasteiger partial charge in [0.25, 0.3) is 5.91 Å². The van der Waals surface area contributed by atoms with E-state index < -0.39 is 57.0 Å². The molecule has 0 radical (unpaired) electrons. The van der Waals surface area contributed by atoms with E-state index >= 15 is 0 Å². The van der Waals surface area contributed by atoms with E-state index in [0.717, 1.165) is 34.9 Å². The van der Waals surface area contributed by atoms with Gasteiger partial charge in [-0.1, -0.05) is 36.4 Å². The Morgan fingerprint density at radius 1 is 1.04 bits per heavy atom. The van der Waals surface area contributed by atoms with E-state index in [1.807, 2.05) is 24.3 Å². The second-order valence-corrected chi connectivity index (χ2v) is 15.1. The van der Waals surface area contributed by atoms with E-state index in [1.165, 1.54) is 40.8 Å². The largest absolute Gasteiger partial charge is 0.573 e. The maximum atomic E-state index is 14.3. The van der Waals surface area contributed by atoms with Gasteiger partial charge in [-0.05, 0) is 49.1 Å². The van der Waals surface area contributed by atoms with Crippen LogP contribution in [0.1, 0.15) is 47.3 Å². The third-order valence-corrected chi connectivity index (χ3v) is 12.4. The highest BCUT2D eigenvalue weighted by Crippen LogP contribution is 2.45. The van der Waals surface area contributed by atoms with Crippen molar-refractivity contribution in [2.24, 2.45) is 0 Å². The summed E-state index contributed by atoms with van der Waals surface area (Å²) in [5.74, 6) is -2.18. The first kappa shape index (κ1) is 34.6. The molecular formula is C33H32F3N3O8S2.